The van der Waals surface area contributed by atoms with E-state index in [1.54, 1.807) is 48.5 Å². The van der Waals surface area contributed by atoms with E-state index in [1.807, 2.05) is 6.92 Å². The molecule has 0 amide bonds. The molecule has 8 nitrogen and oxygen atoms in total. The minimum absolute atomic E-state index is 0.0129. The number of cyclic esters (lactones) is 1. The normalized spacial score (nSPS) is 13.9. The number of aliphatic imine (C=N–C) groups is 1. The summed E-state index contributed by atoms with van der Waals surface area (Å²) >= 11 is 14.3. The van der Waals surface area contributed by atoms with E-state index in [-0.39, 0.29) is 23.9 Å². The Balaban J connectivity index is 1.61. The van der Waals surface area contributed by atoms with Crippen molar-refractivity contribution in [3.05, 3.63) is 101 Å². The van der Waals surface area contributed by atoms with Crippen LogP contribution in [-0.4, -0.2) is 23.4 Å². The lowest BCUT2D eigenvalue weighted by atomic mass is 10.1. The number of non-ortho nitro benzene ring substituents is 1. The Kier molecular flexibility index (Phi) is 8.12. The van der Waals surface area contributed by atoms with Crippen molar-refractivity contribution in [2.24, 2.45) is 4.99 Å². The first kappa shape index (κ1) is 25.9. The number of halogens is 3. The summed E-state index contributed by atoms with van der Waals surface area (Å²) in [6.45, 7) is 2.33. The highest BCUT2D eigenvalue weighted by Crippen LogP contribution is 2.36. The molecular weight excluding hydrogens is 622 g/mol. The van der Waals surface area contributed by atoms with Gasteiger partial charge in [0.2, 0.25) is 5.90 Å². The third-order valence-corrected chi connectivity index (χ3v) is 6.27. The molecule has 0 atom stereocenters. The Labute approximate surface area is 229 Å². The van der Waals surface area contributed by atoms with Crippen LogP contribution in [0.2, 0.25) is 10.0 Å². The summed E-state index contributed by atoms with van der Waals surface area (Å²) in [4.78, 5) is 27.3. The van der Waals surface area contributed by atoms with Gasteiger partial charge >= 0.3 is 5.97 Å². The monoisotopic (exact) mass is 638 g/mol. The van der Waals surface area contributed by atoms with Crippen molar-refractivity contribution >= 4 is 69.4 Å². The molecule has 3 aromatic carbocycles. The highest BCUT2D eigenvalue weighted by molar-refractivity contribution is 14.1. The highest BCUT2D eigenvalue weighted by Gasteiger charge is 2.26. The molecule has 0 saturated carbocycles. The maximum atomic E-state index is 12.5. The van der Waals surface area contributed by atoms with E-state index in [4.69, 9.17) is 37.4 Å². The molecule has 0 spiro atoms. The fourth-order valence-electron chi connectivity index (χ4n) is 3.33. The first-order valence-corrected chi connectivity index (χ1v) is 12.4. The van der Waals surface area contributed by atoms with Crippen LogP contribution in [0, 0.1) is 13.7 Å². The van der Waals surface area contributed by atoms with E-state index in [0.717, 1.165) is 0 Å². The zero-order chi connectivity index (χ0) is 25.8. The standard InChI is InChI=1S/C25H17Cl2IN2O6/c1-2-34-22-11-15(9-20(28)23(22)35-13-14-4-3-5-17(8-14)30(32)33)10-21-25(31)36-24(29-21)18-7-6-16(26)12-19(18)27/h3-12H,2,13H2,1H3/b21-10-. The average molecular weight is 639 g/mol. The van der Waals surface area contributed by atoms with Crippen molar-refractivity contribution in [2.45, 2.75) is 13.5 Å². The second-order valence-corrected chi connectivity index (χ2v) is 9.44. The number of rotatable bonds is 8. The number of benzene rings is 3. The molecule has 0 saturated heterocycles. The molecule has 0 fully saturated rings. The summed E-state index contributed by atoms with van der Waals surface area (Å²) in [5, 5.41) is 11.8. The van der Waals surface area contributed by atoms with Crippen molar-refractivity contribution in [3.63, 3.8) is 0 Å². The maximum absolute atomic E-state index is 12.5. The van der Waals surface area contributed by atoms with Gasteiger partial charge in [0.1, 0.15) is 6.61 Å². The zero-order valence-corrected chi connectivity index (χ0v) is 22.3. The Hall–Kier alpha value is -3.15. The Morgan fingerprint density at radius 2 is 1.94 bits per heavy atom. The quantitative estimate of drug-likeness (QED) is 0.0882. The first-order valence-electron chi connectivity index (χ1n) is 10.6. The molecule has 184 valence electrons. The van der Waals surface area contributed by atoms with Gasteiger partial charge in [-0.15, -0.1) is 0 Å². The molecule has 4 rings (SSSR count). The third kappa shape index (κ3) is 5.97. The molecule has 3 aromatic rings. The van der Waals surface area contributed by atoms with E-state index in [0.29, 0.717) is 48.4 Å². The van der Waals surface area contributed by atoms with Gasteiger partial charge in [0, 0.05) is 17.2 Å². The van der Waals surface area contributed by atoms with Crippen LogP contribution in [0.25, 0.3) is 6.08 Å². The SMILES string of the molecule is CCOc1cc(/C=C2\N=C(c3ccc(Cl)cc3Cl)OC2=O)cc(I)c1OCc1cccc([N+](=O)[O-])c1. The molecule has 0 aliphatic carbocycles. The van der Waals surface area contributed by atoms with E-state index in [9.17, 15) is 14.9 Å². The number of nitro groups is 1. The third-order valence-electron chi connectivity index (χ3n) is 4.92. The first-order chi connectivity index (χ1) is 17.2. The predicted octanol–water partition coefficient (Wildman–Crippen LogP) is 6.83. The summed E-state index contributed by atoms with van der Waals surface area (Å²) in [6, 6.07) is 14.5. The molecule has 11 heteroatoms. The molecule has 0 aromatic heterocycles. The second kappa shape index (κ2) is 11.3. The van der Waals surface area contributed by atoms with Crippen LogP contribution < -0.4 is 9.47 Å². The molecule has 36 heavy (non-hydrogen) atoms. The molecule has 0 radical (unpaired) electrons. The Morgan fingerprint density at radius 3 is 2.67 bits per heavy atom. The zero-order valence-electron chi connectivity index (χ0n) is 18.7. The predicted molar refractivity (Wildman–Crippen MR) is 145 cm³/mol. The van der Waals surface area contributed by atoms with Gasteiger partial charge in [-0.1, -0.05) is 35.3 Å². The summed E-state index contributed by atoms with van der Waals surface area (Å²) in [6.07, 6.45) is 1.58. The highest BCUT2D eigenvalue weighted by atomic mass is 127. The van der Waals surface area contributed by atoms with Crippen molar-refractivity contribution < 1.29 is 23.9 Å². The van der Waals surface area contributed by atoms with Gasteiger partial charge in [0.15, 0.2) is 17.2 Å². The van der Waals surface area contributed by atoms with Crippen LogP contribution in [0.1, 0.15) is 23.6 Å². The molecular formula is C25H17Cl2IN2O6. The number of ether oxygens (including phenoxy) is 3. The topological polar surface area (TPSA) is 100 Å². The molecule has 0 bridgehead atoms. The number of hydrogen-bond donors (Lipinski definition) is 0. The molecule has 1 heterocycles. The Bertz CT molecular complexity index is 1420. The molecule has 0 unspecified atom stereocenters. The van der Waals surface area contributed by atoms with Gasteiger partial charge in [0.25, 0.3) is 5.69 Å². The summed E-state index contributed by atoms with van der Waals surface area (Å²) in [5.74, 6) is 0.412. The van der Waals surface area contributed by atoms with Crippen molar-refractivity contribution in [3.8, 4) is 11.5 Å². The number of nitrogens with zero attached hydrogens (tertiary/aromatic N) is 2. The minimum atomic E-state index is -0.616. The number of carbonyl (C=O) groups is 1. The van der Waals surface area contributed by atoms with Crippen molar-refractivity contribution in [1.82, 2.24) is 0 Å². The van der Waals surface area contributed by atoms with E-state index >= 15 is 0 Å². The van der Waals surface area contributed by atoms with Crippen LogP contribution in [0.5, 0.6) is 11.5 Å². The maximum Gasteiger partial charge on any atom is 0.363 e. The lowest BCUT2D eigenvalue weighted by molar-refractivity contribution is -0.384. The van der Waals surface area contributed by atoms with Crippen LogP contribution in [0.3, 0.4) is 0 Å². The number of nitro benzene ring substituents is 1. The van der Waals surface area contributed by atoms with E-state index in [1.165, 1.54) is 12.1 Å². The van der Waals surface area contributed by atoms with Gasteiger partial charge in [-0.05, 0) is 77.0 Å². The average Bonchev–Trinajstić information content (AvgIpc) is 3.18. The fourth-order valence-corrected chi connectivity index (χ4v) is 4.61. The molecule has 0 N–H and O–H groups in total. The van der Waals surface area contributed by atoms with E-state index < -0.39 is 10.9 Å². The molecule has 1 aliphatic rings. The lowest BCUT2D eigenvalue weighted by Gasteiger charge is -2.15. The lowest BCUT2D eigenvalue weighted by Crippen LogP contribution is -2.06. The van der Waals surface area contributed by atoms with Crippen molar-refractivity contribution in [2.75, 3.05) is 6.61 Å². The van der Waals surface area contributed by atoms with Gasteiger partial charge in [-0.25, -0.2) is 9.79 Å². The number of esters is 1. The Morgan fingerprint density at radius 1 is 1.14 bits per heavy atom. The van der Waals surface area contributed by atoms with Gasteiger partial charge < -0.3 is 14.2 Å². The van der Waals surface area contributed by atoms with Crippen LogP contribution in [0.4, 0.5) is 5.69 Å². The van der Waals surface area contributed by atoms with Crippen LogP contribution in [-0.2, 0) is 16.1 Å². The van der Waals surface area contributed by atoms with E-state index in [2.05, 4.69) is 27.6 Å². The van der Waals surface area contributed by atoms with Gasteiger partial charge in [-0.2, -0.15) is 0 Å². The summed E-state index contributed by atoms with van der Waals surface area (Å²) in [5.41, 5.74) is 1.82. The second-order valence-electron chi connectivity index (χ2n) is 7.44. The van der Waals surface area contributed by atoms with Crippen LogP contribution in [0.15, 0.2) is 65.3 Å². The number of carbonyl (C=O) groups excluding carboxylic acids is 1. The summed E-state index contributed by atoms with van der Waals surface area (Å²) < 4.78 is 17.8. The van der Waals surface area contributed by atoms with Crippen LogP contribution >= 0.6 is 45.8 Å². The summed E-state index contributed by atoms with van der Waals surface area (Å²) in [7, 11) is 0. The smallest absolute Gasteiger partial charge is 0.363 e. The minimum Gasteiger partial charge on any atom is -0.490 e. The van der Waals surface area contributed by atoms with Gasteiger partial charge in [-0.3, -0.25) is 10.1 Å². The number of hydrogen-bond acceptors (Lipinski definition) is 7. The van der Waals surface area contributed by atoms with Gasteiger partial charge in [0.05, 0.1) is 25.7 Å². The van der Waals surface area contributed by atoms with Crippen molar-refractivity contribution in [1.29, 1.82) is 0 Å². The molecule has 1 aliphatic heterocycles. The fraction of sp³-hybridized carbons (Fsp3) is 0.120. The largest absolute Gasteiger partial charge is 0.490 e.